The van der Waals surface area contributed by atoms with E-state index in [-0.39, 0.29) is 5.97 Å². The van der Waals surface area contributed by atoms with E-state index in [4.69, 9.17) is 9.47 Å². The van der Waals surface area contributed by atoms with Gasteiger partial charge in [-0.05, 0) is 74.1 Å². The lowest BCUT2D eigenvalue weighted by atomic mass is 9.98. The van der Waals surface area contributed by atoms with Crippen LogP contribution in [-0.2, 0) is 0 Å². The molecule has 0 amide bonds. The van der Waals surface area contributed by atoms with Crippen LogP contribution in [-0.4, -0.2) is 12.6 Å². The highest BCUT2D eigenvalue weighted by Gasteiger charge is 2.19. The summed E-state index contributed by atoms with van der Waals surface area (Å²) in [5, 5.41) is 0. The van der Waals surface area contributed by atoms with Gasteiger partial charge in [0.1, 0.15) is 11.5 Å². The van der Waals surface area contributed by atoms with Crippen molar-refractivity contribution >= 4 is 5.97 Å². The SMILES string of the molecule is CCCCCCCCCCCCOc1ccc(C(=O)Oc2ccc([C]3[CH][CH][CH][CH]3)cc2)cc1. The van der Waals surface area contributed by atoms with Crippen molar-refractivity contribution in [3.05, 3.63) is 91.3 Å². The number of esters is 1. The Hall–Kier alpha value is -2.29. The highest BCUT2D eigenvalue weighted by Crippen LogP contribution is 2.31. The van der Waals surface area contributed by atoms with Crippen molar-refractivity contribution in [1.82, 2.24) is 0 Å². The monoisotopic (exact) mass is 445 g/mol. The second-order valence-corrected chi connectivity index (χ2v) is 8.64. The standard InChI is InChI=1S/C30H37O3/c1-2-3-4-5-6-7-8-9-10-13-24-32-28-20-18-27(19-21-28)30(31)33-29-22-16-26(17-23-29)25-14-11-12-15-25/h11-12,14-23H,2-10,13,24H2,1H3. The Kier molecular flexibility index (Phi) is 11.3. The summed E-state index contributed by atoms with van der Waals surface area (Å²) in [6.07, 6.45) is 21.3. The van der Waals surface area contributed by atoms with Gasteiger partial charge in [-0.1, -0.05) is 76.8 Å². The van der Waals surface area contributed by atoms with Gasteiger partial charge in [-0.3, -0.25) is 0 Å². The molecule has 1 saturated carbocycles. The van der Waals surface area contributed by atoms with Gasteiger partial charge < -0.3 is 9.47 Å². The van der Waals surface area contributed by atoms with Crippen LogP contribution in [0.5, 0.6) is 11.5 Å². The van der Waals surface area contributed by atoms with Crippen LogP contribution < -0.4 is 9.47 Å². The van der Waals surface area contributed by atoms with Crippen LogP contribution in [0.4, 0.5) is 0 Å². The predicted molar refractivity (Wildman–Crippen MR) is 135 cm³/mol. The number of carbonyl (C=O) groups is 1. The molecule has 2 aromatic carbocycles. The second kappa shape index (κ2) is 14.8. The lowest BCUT2D eigenvalue weighted by Gasteiger charge is -2.10. The summed E-state index contributed by atoms with van der Waals surface area (Å²) >= 11 is 0. The molecule has 0 aliphatic heterocycles. The first-order chi connectivity index (χ1) is 16.3. The number of carbonyl (C=O) groups excluding carboxylic acids is 1. The minimum Gasteiger partial charge on any atom is -0.494 e. The molecule has 2 aromatic rings. The number of benzene rings is 2. The number of hydrogen-bond acceptors (Lipinski definition) is 3. The van der Waals surface area contributed by atoms with E-state index in [1.54, 1.807) is 12.1 Å². The van der Waals surface area contributed by atoms with Gasteiger partial charge in [0.15, 0.2) is 0 Å². The molecule has 1 fully saturated rings. The Bertz CT molecular complexity index is 788. The first-order valence-corrected chi connectivity index (χ1v) is 12.5. The number of ether oxygens (including phenoxy) is 2. The van der Waals surface area contributed by atoms with E-state index in [9.17, 15) is 4.79 Å². The smallest absolute Gasteiger partial charge is 0.343 e. The summed E-state index contributed by atoms with van der Waals surface area (Å²) in [6.45, 7) is 2.98. The summed E-state index contributed by atoms with van der Waals surface area (Å²) in [5.41, 5.74) is 1.62. The summed E-state index contributed by atoms with van der Waals surface area (Å²) in [6, 6.07) is 14.8. The van der Waals surface area contributed by atoms with Crippen LogP contribution >= 0.6 is 0 Å². The van der Waals surface area contributed by atoms with Crippen molar-refractivity contribution in [1.29, 1.82) is 0 Å². The summed E-state index contributed by atoms with van der Waals surface area (Å²) in [5.74, 6) is 2.12. The van der Waals surface area contributed by atoms with Crippen LogP contribution in [0.2, 0.25) is 0 Å². The highest BCUT2D eigenvalue weighted by molar-refractivity contribution is 5.91. The molecule has 175 valence electrons. The van der Waals surface area contributed by atoms with Gasteiger partial charge in [-0.2, -0.15) is 0 Å². The Balaban J connectivity index is 1.29. The van der Waals surface area contributed by atoms with Gasteiger partial charge in [-0.25, -0.2) is 4.79 Å². The third-order valence-corrected chi connectivity index (χ3v) is 5.92. The third kappa shape index (κ3) is 9.23. The molecule has 1 aliphatic rings. The molecule has 33 heavy (non-hydrogen) atoms. The topological polar surface area (TPSA) is 35.5 Å². The Labute approximate surface area is 200 Å². The van der Waals surface area contributed by atoms with Crippen LogP contribution in [0.1, 0.15) is 87.1 Å². The summed E-state index contributed by atoms with van der Waals surface area (Å²) < 4.78 is 11.3. The first-order valence-electron chi connectivity index (χ1n) is 12.5. The van der Waals surface area contributed by atoms with Crippen LogP contribution in [0.25, 0.3) is 0 Å². The normalized spacial score (nSPS) is 13.8. The minimum absolute atomic E-state index is 0.364. The predicted octanol–water partition coefficient (Wildman–Crippen LogP) is 7.96. The molecule has 0 saturated heterocycles. The molecular weight excluding hydrogens is 408 g/mol. The van der Waals surface area contributed by atoms with E-state index in [0.29, 0.717) is 11.3 Å². The maximum Gasteiger partial charge on any atom is 0.343 e. The van der Waals surface area contributed by atoms with E-state index < -0.39 is 0 Å². The van der Waals surface area contributed by atoms with Crippen molar-refractivity contribution < 1.29 is 14.3 Å². The van der Waals surface area contributed by atoms with E-state index in [1.165, 1.54) is 57.8 Å². The summed E-state index contributed by atoms with van der Waals surface area (Å²) in [7, 11) is 0. The van der Waals surface area contributed by atoms with E-state index in [1.807, 2.05) is 49.2 Å². The van der Waals surface area contributed by atoms with Gasteiger partial charge in [0.05, 0.1) is 12.2 Å². The van der Waals surface area contributed by atoms with Crippen molar-refractivity contribution in [2.24, 2.45) is 0 Å². The maximum atomic E-state index is 12.4. The van der Waals surface area contributed by atoms with Crippen molar-refractivity contribution in [2.75, 3.05) is 6.61 Å². The van der Waals surface area contributed by atoms with Gasteiger partial charge in [0.25, 0.3) is 0 Å². The molecule has 5 radical (unpaired) electrons. The summed E-state index contributed by atoms with van der Waals surface area (Å²) in [4.78, 5) is 12.4. The molecule has 0 bridgehead atoms. The zero-order valence-electron chi connectivity index (χ0n) is 19.9. The molecule has 0 atom stereocenters. The quantitative estimate of drug-likeness (QED) is 0.158. The Morgan fingerprint density at radius 3 is 1.82 bits per heavy atom. The van der Waals surface area contributed by atoms with Crippen molar-refractivity contribution in [3.63, 3.8) is 0 Å². The zero-order valence-corrected chi connectivity index (χ0v) is 19.9. The Morgan fingerprint density at radius 1 is 0.667 bits per heavy atom. The van der Waals surface area contributed by atoms with Crippen LogP contribution in [0.15, 0.2) is 48.5 Å². The van der Waals surface area contributed by atoms with Gasteiger partial charge in [0.2, 0.25) is 0 Å². The zero-order chi connectivity index (χ0) is 23.1. The molecule has 3 heteroatoms. The minimum atomic E-state index is -0.364. The average molecular weight is 446 g/mol. The molecule has 0 spiro atoms. The molecule has 0 unspecified atom stereocenters. The van der Waals surface area contributed by atoms with Crippen LogP contribution in [0.3, 0.4) is 0 Å². The largest absolute Gasteiger partial charge is 0.494 e. The lowest BCUT2D eigenvalue weighted by molar-refractivity contribution is 0.0734. The molecular formula is C30H37O3. The van der Waals surface area contributed by atoms with E-state index in [2.05, 4.69) is 19.8 Å². The van der Waals surface area contributed by atoms with Crippen molar-refractivity contribution in [2.45, 2.75) is 71.1 Å². The third-order valence-electron chi connectivity index (χ3n) is 5.92. The van der Waals surface area contributed by atoms with Crippen LogP contribution in [0, 0.1) is 31.6 Å². The molecule has 0 aromatic heterocycles. The first kappa shape index (κ1) is 25.3. The molecule has 0 heterocycles. The van der Waals surface area contributed by atoms with Gasteiger partial charge in [0, 0.05) is 5.92 Å². The molecule has 1 aliphatic carbocycles. The van der Waals surface area contributed by atoms with Gasteiger partial charge >= 0.3 is 5.97 Å². The number of rotatable bonds is 15. The molecule has 0 N–H and O–H groups in total. The second-order valence-electron chi connectivity index (χ2n) is 8.64. The fourth-order valence-corrected chi connectivity index (χ4v) is 3.91. The molecule has 3 nitrogen and oxygen atoms in total. The average Bonchev–Trinajstić information content (AvgIpc) is 3.38. The van der Waals surface area contributed by atoms with E-state index >= 15 is 0 Å². The maximum absolute atomic E-state index is 12.4. The molecule has 3 rings (SSSR count). The number of hydrogen-bond donors (Lipinski definition) is 0. The Morgan fingerprint density at radius 2 is 1.21 bits per heavy atom. The number of unbranched alkanes of at least 4 members (excludes halogenated alkanes) is 9. The lowest BCUT2D eigenvalue weighted by Crippen LogP contribution is -2.08. The van der Waals surface area contributed by atoms with Crippen molar-refractivity contribution in [3.8, 4) is 11.5 Å². The van der Waals surface area contributed by atoms with Gasteiger partial charge in [-0.15, -0.1) is 0 Å². The fraction of sp³-hybridized carbons (Fsp3) is 0.400. The fourth-order valence-electron chi connectivity index (χ4n) is 3.91. The highest BCUT2D eigenvalue weighted by atomic mass is 16.5. The van der Waals surface area contributed by atoms with E-state index in [0.717, 1.165) is 30.3 Å².